The fourth-order valence-corrected chi connectivity index (χ4v) is 1.61. The maximum atomic E-state index is 5.06. The molecule has 1 rings (SSSR count). The fraction of sp³-hybridized carbons (Fsp3) is 0.200. The van der Waals surface area contributed by atoms with Gasteiger partial charge in [-0.05, 0) is 17.7 Å². The Balaban J connectivity index is 2.54. The van der Waals surface area contributed by atoms with Crippen LogP contribution in [0.5, 0.6) is 5.75 Å². The highest BCUT2D eigenvalue weighted by Crippen LogP contribution is 2.23. The number of methoxy groups -OCH3 is 1. The van der Waals surface area contributed by atoms with Gasteiger partial charge >= 0.3 is 0 Å². The van der Waals surface area contributed by atoms with Gasteiger partial charge in [-0.3, -0.25) is 0 Å². The molecule has 3 heteroatoms. The van der Waals surface area contributed by atoms with Crippen LogP contribution in [-0.2, 0) is 5.75 Å². The van der Waals surface area contributed by atoms with E-state index in [1.807, 2.05) is 24.3 Å². The molecule has 0 saturated carbocycles. The molecule has 0 spiro atoms. The van der Waals surface area contributed by atoms with Crippen molar-refractivity contribution in [2.24, 2.45) is 0 Å². The molecular weight excluding hydrogens is 200 g/mol. The number of hydrogen-bond acceptors (Lipinski definition) is 3. The van der Waals surface area contributed by atoms with E-state index < -0.39 is 0 Å². The predicted molar refractivity (Wildman–Crippen MR) is 62.4 cm³/mol. The Kier molecular flexibility index (Phi) is 4.25. The first-order valence-electron chi connectivity index (χ1n) is 3.86. The Bertz CT molecular complexity index is 279. The van der Waals surface area contributed by atoms with E-state index in [0.717, 1.165) is 15.7 Å². The third-order valence-corrected chi connectivity index (χ3v) is 2.76. The highest BCUT2D eigenvalue weighted by atomic mass is 32.2. The second-order valence-corrected chi connectivity index (χ2v) is 4.44. The zero-order valence-corrected chi connectivity index (χ0v) is 9.20. The Hall–Kier alpha value is -0.540. The molecule has 1 aromatic carbocycles. The average molecular weight is 212 g/mol. The lowest BCUT2D eigenvalue weighted by Crippen LogP contribution is -1.83. The van der Waals surface area contributed by atoms with E-state index in [1.54, 1.807) is 18.9 Å². The molecule has 0 radical (unpaired) electrons. The highest BCUT2D eigenvalue weighted by Gasteiger charge is 1.94. The summed E-state index contributed by atoms with van der Waals surface area (Å²) in [6, 6.07) is 8.00. The quantitative estimate of drug-likeness (QED) is 0.767. The summed E-state index contributed by atoms with van der Waals surface area (Å²) in [7, 11) is 1.67. The number of thioether (sulfide) groups is 1. The SMILES string of the molecule is C=C(S)SCc1ccc(OC)cc1. The van der Waals surface area contributed by atoms with E-state index in [-0.39, 0.29) is 0 Å². The molecule has 1 nitrogen and oxygen atoms in total. The van der Waals surface area contributed by atoms with Crippen molar-refractivity contribution in [3.8, 4) is 5.75 Å². The van der Waals surface area contributed by atoms with Gasteiger partial charge in [0.2, 0.25) is 0 Å². The van der Waals surface area contributed by atoms with Gasteiger partial charge in [-0.25, -0.2) is 0 Å². The van der Waals surface area contributed by atoms with E-state index in [0.29, 0.717) is 0 Å². The molecule has 0 atom stereocenters. The molecule has 13 heavy (non-hydrogen) atoms. The molecule has 0 fully saturated rings. The molecular formula is C10H12OS2. The van der Waals surface area contributed by atoms with Crippen LogP contribution in [-0.4, -0.2) is 7.11 Å². The van der Waals surface area contributed by atoms with Crippen molar-refractivity contribution < 1.29 is 4.74 Å². The van der Waals surface area contributed by atoms with Gasteiger partial charge in [-0.15, -0.1) is 24.4 Å². The van der Waals surface area contributed by atoms with E-state index in [4.69, 9.17) is 4.74 Å². The summed E-state index contributed by atoms with van der Waals surface area (Å²) in [5.74, 6) is 1.80. The van der Waals surface area contributed by atoms with Crippen LogP contribution in [0.2, 0.25) is 0 Å². The third-order valence-electron chi connectivity index (χ3n) is 1.56. The Morgan fingerprint density at radius 2 is 2.08 bits per heavy atom. The fourth-order valence-electron chi connectivity index (χ4n) is 0.888. The van der Waals surface area contributed by atoms with Crippen molar-refractivity contribution in [3.63, 3.8) is 0 Å². The second kappa shape index (κ2) is 5.25. The van der Waals surface area contributed by atoms with Gasteiger partial charge in [0, 0.05) is 9.99 Å². The van der Waals surface area contributed by atoms with E-state index in [2.05, 4.69) is 19.2 Å². The number of thiol groups is 1. The molecule has 0 heterocycles. The first-order chi connectivity index (χ1) is 6.22. The highest BCUT2D eigenvalue weighted by molar-refractivity contribution is 8.15. The largest absolute Gasteiger partial charge is 0.497 e. The molecule has 0 aliphatic carbocycles. The minimum Gasteiger partial charge on any atom is -0.497 e. The van der Waals surface area contributed by atoms with Crippen LogP contribution < -0.4 is 4.74 Å². The maximum absolute atomic E-state index is 5.06. The number of ether oxygens (including phenoxy) is 1. The van der Waals surface area contributed by atoms with Gasteiger partial charge < -0.3 is 4.74 Å². The molecule has 0 aliphatic heterocycles. The predicted octanol–water partition coefficient (Wildman–Crippen LogP) is 3.33. The van der Waals surface area contributed by atoms with Crippen LogP contribution in [0.3, 0.4) is 0 Å². The summed E-state index contributed by atoms with van der Waals surface area (Å²) in [4.78, 5) is 0. The van der Waals surface area contributed by atoms with Crippen LogP contribution in [0.15, 0.2) is 35.1 Å². The van der Waals surface area contributed by atoms with Crippen molar-refractivity contribution in [2.45, 2.75) is 5.75 Å². The molecule has 70 valence electrons. The van der Waals surface area contributed by atoms with Crippen molar-refractivity contribution in [3.05, 3.63) is 40.6 Å². The molecule has 0 aliphatic rings. The van der Waals surface area contributed by atoms with Gasteiger partial charge in [0.05, 0.1) is 7.11 Å². The monoisotopic (exact) mass is 212 g/mol. The molecule has 1 aromatic rings. The van der Waals surface area contributed by atoms with Crippen molar-refractivity contribution in [2.75, 3.05) is 7.11 Å². The molecule has 0 N–H and O–H groups in total. The number of hydrogen-bond donors (Lipinski definition) is 1. The smallest absolute Gasteiger partial charge is 0.118 e. The molecule has 0 saturated heterocycles. The molecule has 0 amide bonds. The van der Waals surface area contributed by atoms with E-state index >= 15 is 0 Å². The number of rotatable bonds is 4. The Morgan fingerprint density at radius 1 is 1.46 bits per heavy atom. The van der Waals surface area contributed by atoms with Crippen LogP contribution in [0.25, 0.3) is 0 Å². The summed E-state index contributed by atoms with van der Waals surface area (Å²) in [5.41, 5.74) is 1.25. The summed E-state index contributed by atoms with van der Waals surface area (Å²) < 4.78 is 5.90. The minimum absolute atomic E-state index is 0.843. The van der Waals surface area contributed by atoms with E-state index in [1.165, 1.54) is 5.56 Å². The normalized spacial score (nSPS) is 9.69. The van der Waals surface area contributed by atoms with E-state index in [9.17, 15) is 0 Å². The van der Waals surface area contributed by atoms with Crippen molar-refractivity contribution in [1.29, 1.82) is 0 Å². The summed E-state index contributed by atoms with van der Waals surface area (Å²) in [5, 5.41) is 0. The molecule has 0 aromatic heterocycles. The lowest BCUT2D eigenvalue weighted by atomic mass is 10.2. The first-order valence-corrected chi connectivity index (χ1v) is 5.29. The molecule has 0 bridgehead atoms. The van der Waals surface area contributed by atoms with Crippen LogP contribution in [0, 0.1) is 0 Å². The minimum atomic E-state index is 0.843. The standard InChI is InChI=1S/C10H12OS2/c1-8(12)13-7-9-3-5-10(11-2)6-4-9/h3-6,12H,1,7H2,2H3. The lowest BCUT2D eigenvalue weighted by Gasteiger charge is -2.02. The summed E-state index contributed by atoms with van der Waals surface area (Å²) >= 11 is 5.74. The van der Waals surface area contributed by atoms with Gasteiger partial charge in [0.1, 0.15) is 5.75 Å². The Labute approximate surface area is 88.6 Å². The Morgan fingerprint density at radius 3 is 2.54 bits per heavy atom. The van der Waals surface area contributed by atoms with Crippen molar-refractivity contribution >= 4 is 24.4 Å². The van der Waals surface area contributed by atoms with Gasteiger partial charge in [-0.1, -0.05) is 18.7 Å². The van der Waals surface area contributed by atoms with Gasteiger partial charge in [0.15, 0.2) is 0 Å². The average Bonchev–Trinajstić information content (AvgIpc) is 2.15. The van der Waals surface area contributed by atoms with Crippen LogP contribution in [0.1, 0.15) is 5.56 Å². The van der Waals surface area contributed by atoms with Crippen molar-refractivity contribution in [1.82, 2.24) is 0 Å². The maximum Gasteiger partial charge on any atom is 0.118 e. The molecule has 0 unspecified atom stereocenters. The topological polar surface area (TPSA) is 9.23 Å². The van der Waals surface area contributed by atoms with Gasteiger partial charge in [-0.2, -0.15) is 0 Å². The summed E-state index contributed by atoms with van der Waals surface area (Å²) in [6.07, 6.45) is 0. The summed E-state index contributed by atoms with van der Waals surface area (Å²) in [6.45, 7) is 3.71. The third kappa shape index (κ3) is 3.79. The van der Waals surface area contributed by atoms with Crippen LogP contribution >= 0.6 is 24.4 Å². The number of benzene rings is 1. The first kappa shape index (κ1) is 10.5. The van der Waals surface area contributed by atoms with Gasteiger partial charge in [0.25, 0.3) is 0 Å². The lowest BCUT2D eigenvalue weighted by molar-refractivity contribution is 0.414. The second-order valence-electron chi connectivity index (χ2n) is 2.53. The zero-order valence-electron chi connectivity index (χ0n) is 7.49. The zero-order chi connectivity index (χ0) is 9.68. The van der Waals surface area contributed by atoms with Crippen LogP contribution in [0.4, 0.5) is 0 Å².